The second kappa shape index (κ2) is 4.60. The van der Waals surface area contributed by atoms with Gasteiger partial charge >= 0.3 is 0 Å². The average Bonchev–Trinajstić information content (AvgIpc) is 2.40. The van der Waals surface area contributed by atoms with Gasteiger partial charge < -0.3 is 0 Å². The molecule has 3 heteroatoms. The molecule has 18 heavy (non-hydrogen) atoms. The Morgan fingerprint density at radius 3 is 2.56 bits per heavy atom. The summed E-state index contributed by atoms with van der Waals surface area (Å²) in [5.74, 6) is 0. The Bertz CT molecular complexity index is 708. The standard InChI is InChI=1S/C15H8Cl2N/c16-14-11-8-4-5-9-12(11)18-15(17)13(14)10-6-2-1-3-7-10/h1-3,5-9H. The van der Waals surface area contributed by atoms with E-state index in [4.69, 9.17) is 23.2 Å². The number of pyridine rings is 1. The minimum Gasteiger partial charge on any atom is -0.235 e. The number of halogens is 2. The minimum absolute atomic E-state index is 0.421. The molecule has 0 atom stereocenters. The highest BCUT2D eigenvalue weighted by Gasteiger charge is 2.13. The van der Waals surface area contributed by atoms with Crippen LogP contribution in [-0.2, 0) is 0 Å². The highest BCUT2D eigenvalue weighted by atomic mass is 35.5. The van der Waals surface area contributed by atoms with Gasteiger partial charge in [0.2, 0.25) is 0 Å². The fourth-order valence-electron chi connectivity index (χ4n) is 1.93. The van der Waals surface area contributed by atoms with E-state index in [1.807, 2.05) is 42.5 Å². The van der Waals surface area contributed by atoms with Gasteiger partial charge in [0.25, 0.3) is 0 Å². The van der Waals surface area contributed by atoms with Crippen LogP contribution in [0.25, 0.3) is 22.0 Å². The molecule has 2 aromatic carbocycles. The number of rotatable bonds is 1. The molecular formula is C15H8Cl2N. The second-order valence-corrected chi connectivity index (χ2v) is 4.64. The lowest BCUT2D eigenvalue weighted by Crippen LogP contribution is -1.88. The molecule has 1 radical (unpaired) electrons. The van der Waals surface area contributed by atoms with Crippen molar-refractivity contribution in [2.24, 2.45) is 0 Å². The zero-order valence-corrected chi connectivity index (χ0v) is 10.8. The maximum Gasteiger partial charge on any atom is 0.139 e. The summed E-state index contributed by atoms with van der Waals surface area (Å²) in [5.41, 5.74) is 2.51. The van der Waals surface area contributed by atoms with Gasteiger partial charge in [-0.25, -0.2) is 4.98 Å². The third kappa shape index (κ3) is 1.86. The van der Waals surface area contributed by atoms with Crippen molar-refractivity contribution in [2.45, 2.75) is 0 Å². The number of aromatic nitrogens is 1. The second-order valence-electron chi connectivity index (χ2n) is 3.90. The van der Waals surface area contributed by atoms with Gasteiger partial charge in [0.05, 0.1) is 10.5 Å². The molecule has 0 aliphatic carbocycles. The van der Waals surface area contributed by atoms with Crippen molar-refractivity contribution in [3.8, 4) is 11.1 Å². The van der Waals surface area contributed by atoms with Gasteiger partial charge in [-0.15, -0.1) is 0 Å². The first-order valence-corrected chi connectivity index (χ1v) is 6.23. The molecule has 87 valence electrons. The summed E-state index contributed by atoms with van der Waals surface area (Å²) in [5, 5.41) is 1.90. The quantitative estimate of drug-likeness (QED) is 0.568. The molecule has 0 saturated carbocycles. The summed E-state index contributed by atoms with van der Waals surface area (Å²) in [7, 11) is 0. The molecule has 0 unspecified atom stereocenters. The minimum atomic E-state index is 0.421. The van der Waals surface area contributed by atoms with Crippen LogP contribution in [0, 0.1) is 6.07 Å². The van der Waals surface area contributed by atoms with Crippen molar-refractivity contribution in [1.29, 1.82) is 0 Å². The molecule has 1 heterocycles. The Labute approximate surface area is 115 Å². The van der Waals surface area contributed by atoms with Crippen LogP contribution in [0.3, 0.4) is 0 Å². The molecule has 0 bridgehead atoms. The molecule has 1 aromatic heterocycles. The molecule has 0 spiro atoms. The van der Waals surface area contributed by atoms with Gasteiger partial charge in [-0.3, -0.25) is 0 Å². The van der Waals surface area contributed by atoms with Gasteiger partial charge in [0.15, 0.2) is 0 Å². The smallest absolute Gasteiger partial charge is 0.139 e. The fraction of sp³-hybridized carbons (Fsp3) is 0. The van der Waals surface area contributed by atoms with Crippen molar-refractivity contribution in [2.75, 3.05) is 0 Å². The molecule has 0 amide bonds. The Morgan fingerprint density at radius 2 is 1.78 bits per heavy atom. The van der Waals surface area contributed by atoms with Crippen LogP contribution in [0.2, 0.25) is 10.2 Å². The van der Waals surface area contributed by atoms with E-state index in [9.17, 15) is 0 Å². The number of fused-ring (bicyclic) bond motifs is 1. The van der Waals surface area contributed by atoms with Crippen LogP contribution in [0.5, 0.6) is 0 Å². The van der Waals surface area contributed by atoms with Crippen LogP contribution >= 0.6 is 23.2 Å². The van der Waals surface area contributed by atoms with Crippen molar-refractivity contribution < 1.29 is 0 Å². The fourth-order valence-corrected chi connectivity index (χ4v) is 2.63. The van der Waals surface area contributed by atoms with Gasteiger partial charge in [-0.05, 0) is 23.8 Å². The molecule has 0 aliphatic heterocycles. The zero-order chi connectivity index (χ0) is 12.5. The lowest BCUT2D eigenvalue weighted by atomic mass is 10.1. The van der Waals surface area contributed by atoms with Crippen LogP contribution in [0.15, 0.2) is 48.5 Å². The van der Waals surface area contributed by atoms with Crippen LogP contribution < -0.4 is 0 Å². The molecule has 3 aromatic rings. The summed E-state index contributed by atoms with van der Waals surface area (Å²) in [4.78, 5) is 4.37. The van der Waals surface area contributed by atoms with E-state index < -0.39 is 0 Å². The van der Waals surface area contributed by atoms with E-state index in [2.05, 4.69) is 11.1 Å². The lowest BCUT2D eigenvalue weighted by molar-refractivity contribution is 1.40. The summed E-state index contributed by atoms with van der Waals surface area (Å²) in [6.07, 6.45) is 0. The zero-order valence-electron chi connectivity index (χ0n) is 9.32. The number of benzene rings is 2. The first-order chi connectivity index (χ1) is 8.77. The lowest BCUT2D eigenvalue weighted by Gasteiger charge is -2.09. The summed E-state index contributed by atoms with van der Waals surface area (Å²) >= 11 is 12.7. The third-order valence-electron chi connectivity index (χ3n) is 2.78. The van der Waals surface area contributed by atoms with Crippen molar-refractivity contribution in [1.82, 2.24) is 4.98 Å². The van der Waals surface area contributed by atoms with Crippen LogP contribution in [-0.4, -0.2) is 4.98 Å². The highest BCUT2D eigenvalue weighted by Crippen LogP contribution is 2.37. The van der Waals surface area contributed by atoms with Gasteiger partial charge in [0, 0.05) is 10.9 Å². The Hall–Kier alpha value is -1.57. The summed E-state index contributed by atoms with van der Waals surface area (Å²) < 4.78 is 0. The first-order valence-electron chi connectivity index (χ1n) is 5.47. The topological polar surface area (TPSA) is 12.9 Å². The molecule has 0 fully saturated rings. The SMILES string of the molecule is Clc1nc2cc[c]cc2c(Cl)c1-c1ccccc1. The predicted molar refractivity (Wildman–Crippen MR) is 76.0 cm³/mol. The van der Waals surface area contributed by atoms with E-state index in [1.54, 1.807) is 6.07 Å². The Balaban J connectivity index is 2.37. The maximum atomic E-state index is 6.44. The van der Waals surface area contributed by atoms with Crippen LogP contribution in [0.1, 0.15) is 0 Å². The molecule has 0 aliphatic rings. The monoisotopic (exact) mass is 272 g/mol. The van der Waals surface area contributed by atoms with E-state index in [0.717, 1.165) is 22.0 Å². The van der Waals surface area contributed by atoms with E-state index in [0.29, 0.717) is 10.2 Å². The maximum absolute atomic E-state index is 6.44. The molecule has 3 rings (SSSR count). The molecule has 1 nitrogen and oxygen atoms in total. The summed E-state index contributed by atoms with van der Waals surface area (Å²) in [6, 6.07) is 18.3. The Kier molecular flexibility index (Phi) is 2.94. The first kappa shape index (κ1) is 11.5. The van der Waals surface area contributed by atoms with Crippen LogP contribution in [0.4, 0.5) is 0 Å². The number of hydrogen-bond acceptors (Lipinski definition) is 1. The van der Waals surface area contributed by atoms with Crippen molar-refractivity contribution >= 4 is 34.1 Å². The van der Waals surface area contributed by atoms with E-state index in [-0.39, 0.29) is 0 Å². The van der Waals surface area contributed by atoms with Gasteiger partial charge in [0.1, 0.15) is 5.15 Å². The predicted octanol–water partition coefficient (Wildman–Crippen LogP) is 5.01. The van der Waals surface area contributed by atoms with Crippen molar-refractivity contribution in [3.05, 3.63) is 64.8 Å². The normalized spacial score (nSPS) is 10.8. The number of hydrogen-bond donors (Lipinski definition) is 0. The highest BCUT2D eigenvalue weighted by molar-refractivity contribution is 6.42. The van der Waals surface area contributed by atoms with Gasteiger partial charge in [-0.1, -0.05) is 59.6 Å². The van der Waals surface area contributed by atoms with E-state index >= 15 is 0 Å². The third-order valence-corrected chi connectivity index (χ3v) is 3.45. The van der Waals surface area contributed by atoms with Gasteiger partial charge in [-0.2, -0.15) is 0 Å². The summed E-state index contributed by atoms with van der Waals surface area (Å²) in [6.45, 7) is 0. The molecular weight excluding hydrogens is 265 g/mol. The Morgan fingerprint density at radius 1 is 1.00 bits per heavy atom. The molecule has 0 saturated heterocycles. The average molecular weight is 273 g/mol. The number of nitrogens with zero attached hydrogens (tertiary/aromatic N) is 1. The van der Waals surface area contributed by atoms with E-state index in [1.165, 1.54) is 0 Å². The molecule has 0 N–H and O–H groups in total. The van der Waals surface area contributed by atoms with Crippen molar-refractivity contribution in [3.63, 3.8) is 0 Å². The largest absolute Gasteiger partial charge is 0.235 e.